The third-order valence-electron chi connectivity index (χ3n) is 3.59. The van der Waals surface area contributed by atoms with Crippen LogP contribution in [0.2, 0.25) is 0 Å². The molecule has 1 unspecified atom stereocenters. The average Bonchev–Trinajstić information content (AvgIpc) is 2.55. The number of carbonyl (C=O) groups is 1. The Morgan fingerprint density at radius 3 is 2.88 bits per heavy atom. The number of aromatic nitrogens is 2. The number of hydrogen-bond donors (Lipinski definition) is 1. The van der Waals surface area contributed by atoms with Crippen LogP contribution < -0.4 is 5.06 Å². The third-order valence-corrected chi connectivity index (χ3v) is 3.59. The lowest BCUT2D eigenvalue weighted by atomic mass is 9.93. The molecule has 5 heteroatoms. The molecular formula is C11H15N3O2. The van der Waals surface area contributed by atoms with Gasteiger partial charge in [-0.2, -0.15) is 10.2 Å². The van der Waals surface area contributed by atoms with Crippen LogP contribution in [0.3, 0.4) is 0 Å². The zero-order chi connectivity index (χ0) is 11.3. The SMILES string of the molecule is CC1Cc2cn(C3CCC3)nc2N(O)C1=O. The van der Waals surface area contributed by atoms with Crippen molar-refractivity contribution in [3.05, 3.63) is 11.8 Å². The van der Waals surface area contributed by atoms with E-state index in [1.165, 1.54) is 6.42 Å². The van der Waals surface area contributed by atoms with Gasteiger partial charge in [0.05, 0.1) is 6.04 Å². The van der Waals surface area contributed by atoms with Crippen molar-refractivity contribution in [2.75, 3.05) is 5.06 Å². The highest BCUT2D eigenvalue weighted by Gasteiger charge is 2.33. The smallest absolute Gasteiger partial charge is 0.255 e. The standard InChI is InChI=1S/C11H15N3O2/c1-7-5-8-6-13(9-3-2-4-9)12-10(8)14(16)11(7)15/h6-7,9,16H,2-5H2,1H3. The number of amides is 1. The Morgan fingerprint density at radius 2 is 2.25 bits per heavy atom. The van der Waals surface area contributed by atoms with Crippen LogP contribution in [-0.2, 0) is 11.2 Å². The maximum absolute atomic E-state index is 11.6. The fourth-order valence-electron chi connectivity index (χ4n) is 2.31. The number of anilines is 1. The molecule has 0 saturated heterocycles. The summed E-state index contributed by atoms with van der Waals surface area (Å²) in [5, 5.41) is 14.7. The van der Waals surface area contributed by atoms with Gasteiger partial charge < -0.3 is 0 Å². The Morgan fingerprint density at radius 1 is 1.50 bits per heavy atom. The van der Waals surface area contributed by atoms with Gasteiger partial charge in [0.25, 0.3) is 5.91 Å². The maximum Gasteiger partial charge on any atom is 0.255 e. The van der Waals surface area contributed by atoms with Crippen LogP contribution in [0.4, 0.5) is 5.82 Å². The molecule has 2 heterocycles. The number of hydroxylamine groups is 1. The first kappa shape index (κ1) is 9.84. The van der Waals surface area contributed by atoms with Crippen LogP contribution in [0, 0.1) is 5.92 Å². The highest BCUT2D eigenvalue weighted by atomic mass is 16.5. The lowest BCUT2D eigenvalue weighted by molar-refractivity contribution is -0.127. The fourth-order valence-corrected chi connectivity index (χ4v) is 2.31. The minimum Gasteiger partial charge on any atom is -0.279 e. The molecule has 1 aromatic heterocycles. The summed E-state index contributed by atoms with van der Waals surface area (Å²) in [6, 6.07) is 0.462. The van der Waals surface area contributed by atoms with Crippen molar-refractivity contribution >= 4 is 11.7 Å². The van der Waals surface area contributed by atoms with E-state index in [9.17, 15) is 10.0 Å². The van der Waals surface area contributed by atoms with E-state index in [4.69, 9.17) is 0 Å². The topological polar surface area (TPSA) is 58.4 Å². The highest BCUT2D eigenvalue weighted by molar-refractivity contribution is 5.94. The van der Waals surface area contributed by atoms with Gasteiger partial charge >= 0.3 is 0 Å². The van der Waals surface area contributed by atoms with Crippen molar-refractivity contribution in [1.82, 2.24) is 9.78 Å². The van der Waals surface area contributed by atoms with E-state index >= 15 is 0 Å². The van der Waals surface area contributed by atoms with Crippen molar-refractivity contribution < 1.29 is 10.0 Å². The van der Waals surface area contributed by atoms with E-state index in [0.29, 0.717) is 23.3 Å². The molecule has 0 spiro atoms. The summed E-state index contributed by atoms with van der Waals surface area (Å²) < 4.78 is 1.91. The van der Waals surface area contributed by atoms with Gasteiger partial charge in [-0.25, -0.2) is 0 Å². The Bertz CT molecular complexity index is 436. The van der Waals surface area contributed by atoms with E-state index in [-0.39, 0.29) is 11.8 Å². The van der Waals surface area contributed by atoms with Gasteiger partial charge in [-0.3, -0.25) is 14.7 Å². The molecule has 1 fully saturated rings. The van der Waals surface area contributed by atoms with Gasteiger partial charge in [0.2, 0.25) is 0 Å². The van der Waals surface area contributed by atoms with Crippen molar-refractivity contribution in [3.63, 3.8) is 0 Å². The molecule has 3 rings (SSSR count). The second-order valence-electron chi connectivity index (χ2n) is 4.80. The van der Waals surface area contributed by atoms with Gasteiger partial charge in [-0.05, 0) is 25.7 Å². The Balaban J connectivity index is 1.96. The van der Waals surface area contributed by atoms with E-state index < -0.39 is 0 Å². The van der Waals surface area contributed by atoms with Gasteiger partial charge in [0.15, 0.2) is 5.82 Å². The van der Waals surface area contributed by atoms with Crippen LogP contribution in [0.5, 0.6) is 0 Å². The van der Waals surface area contributed by atoms with E-state index in [1.54, 1.807) is 0 Å². The van der Waals surface area contributed by atoms with Gasteiger partial charge in [-0.1, -0.05) is 6.92 Å². The molecule has 1 aliphatic carbocycles. The van der Waals surface area contributed by atoms with Crippen LogP contribution in [0.1, 0.15) is 37.8 Å². The molecule has 0 radical (unpaired) electrons. The second-order valence-corrected chi connectivity index (χ2v) is 4.80. The molecule has 1 aromatic rings. The summed E-state index contributed by atoms with van der Waals surface area (Å²) in [7, 11) is 0. The average molecular weight is 221 g/mol. The Kier molecular flexibility index (Phi) is 2.04. The molecule has 86 valence electrons. The predicted molar refractivity (Wildman–Crippen MR) is 57.3 cm³/mol. The van der Waals surface area contributed by atoms with Crippen LogP contribution in [-0.4, -0.2) is 20.9 Å². The summed E-state index contributed by atoms with van der Waals surface area (Å²) >= 11 is 0. The monoisotopic (exact) mass is 221 g/mol. The molecule has 1 amide bonds. The van der Waals surface area contributed by atoms with Crippen molar-refractivity contribution in [1.29, 1.82) is 0 Å². The molecule has 1 aliphatic heterocycles. The molecular weight excluding hydrogens is 206 g/mol. The third kappa shape index (κ3) is 1.28. The maximum atomic E-state index is 11.6. The van der Waals surface area contributed by atoms with E-state index in [2.05, 4.69) is 5.10 Å². The molecule has 5 nitrogen and oxygen atoms in total. The van der Waals surface area contributed by atoms with Crippen molar-refractivity contribution in [2.45, 2.75) is 38.6 Å². The summed E-state index contributed by atoms with van der Waals surface area (Å²) in [6.07, 6.45) is 6.20. The molecule has 16 heavy (non-hydrogen) atoms. The summed E-state index contributed by atoms with van der Waals surface area (Å²) in [5.74, 6) is 0.0119. The predicted octanol–water partition coefficient (Wildman–Crippen LogP) is 1.52. The van der Waals surface area contributed by atoms with Gasteiger partial charge in [-0.15, -0.1) is 0 Å². The van der Waals surface area contributed by atoms with Crippen LogP contribution >= 0.6 is 0 Å². The van der Waals surface area contributed by atoms with Crippen molar-refractivity contribution in [2.24, 2.45) is 5.92 Å². The molecule has 0 bridgehead atoms. The second kappa shape index (κ2) is 3.31. The summed E-state index contributed by atoms with van der Waals surface area (Å²) in [4.78, 5) is 11.6. The number of fused-ring (bicyclic) bond motifs is 1. The Hall–Kier alpha value is -1.36. The fraction of sp³-hybridized carbons (Fsp3) is 0.636. The first-order valence-corrected chi connectivity index (χ1v) is 5.77. The van der Waals surface area contributed by atoms with E-state index in [0.717, 1.165) is 18.4 Å². The number of nitrogens with zero attached hydrogens (tertiary/aromatic N) is 3. The Labute approximate surface area is 93.6 Å². The minimum absolute atomic E-state index is 0.156. The first-order valence-electron chi connectivity index (χ1n) is 5.77. The first-order chi connectivity index (χ1) is 7.66. The lowest BCUT2D eigenvalue weighted by Gasteiger charge is -2.25. The number of carbonyl (C=O) groups excluding carboxylic acids is 1. The quantitative estimate of drug-likeness (QED) is 0.731. The number of hydrogen-bond acceptors (Lipinski definition) is 3. The van der Waals surface area contributed by atoms with E-state index in [1.807, 2.05) is 17.8 Å². The molecule has 1 saturated carbocycles. The number of rotatable bonds is 1. The minimum atomic E-state index is -0.258. The van der Waals surface area contributed by atoms with Gasteiger partial charge in [0, 0.05) is 17.7 Å². The normalized spacial score (nSPS) is 25.5. The summed E-state index contributed by atoms with van der Waals surface area (Å²) in [6.45, 7) is 1.83. The largest absolute Gasteiger partial charge is 0.279 e. The lowest BCUT2D eigenvalue weighted by Crippen LogP contribution is -2.37. The molecule has 0 aromatic carbocycles. The van der Waals surface area contributed by atoms with Crippen molar-refractivity contribution in [3.8, 4) is 0 Å². The molecule has 2 aliphatic rings. The van der Waals surface area contributed by atoms with Crippen LogP contribution in [0.25, 0.3) is 0 Å². The zero-order valence-corrected chi connectivity index (χ0v) is 9.26. The zero-order valence-electron chi connectivity index (χ0n) is 9.26. The highest BCUT2D eigenvalue weighted by Crippen LogP contribution is 2.35. The van der Waals surface area contributed by atoms with Gasteiger partial charge in [0.1, 0.15) is 0 Å². The van der Waals surface area contributed by atoms with Crippen LogP contribution in [0.15, 0.2) is 6.20 Å². The molecule has 1 N–H and O–H groups in total. The summed E-state index contributed by atoms with van der Waals surface area (Å²) in [5.41, 5.74) is 0.974. The molecule has 1 atom stereocenters.